The van der Waals surface area contributed by atoms with Gasteiger partial charge in [-0.2, -0.15) is 23.3 Å². The van der Waals surface area contributed by atoms with Crippen LogP contribution in [-0.2, 0) is 19.8 Å². The summed E-state index contributed by atoms with van der Waals surface area (Å²) >= 11 is 0. The molecule has 0 fully saturated rings. The molecule has 13 heteroatoms. The van der Waals surface area contributed by atoms with E-state index in [1.54, 1.807) is 31.3 Å². The Morgan fingerprint density at radius 3 is 2.66 bits per heavy atom. The van der Waals surface area contributed by atoms with Crippen LogP contribution in [0.15, 0.2) is 53.3 Å². The molecule has 1 aromatic carbocycles. The Bertz CT molecular complexity index is 1410. The quantitative estimate of drug-likeness (QED) is 0.333. The molecule has 3 aromatic heterocycles. The van der Waals surface area contributed by atoms with Crippen molar-refractivity contribution < 1.29 is 27.2 Å². The maximum Gasteiger partial charge on any atom is 0.417 e. The first kappa shape index (κ1) is 26.8. The number of aryl methyl sites for hydroxylation is 1. The topological polar surface area (TPSA) is 134 Å². The number of benzene rings is 1. The maximum absolute atomic E-state index is 12.8. The molecule has 0 radical (unpaired) electrons. The zero-order valence-corrected chi connectivity index (χ0v) is 20.9. The number of nitrogens with two attached hydrogens (primary N) is 1. The van der Waals surface area contributed by atoms with Gasteiger partial charge in [-0.05, 0) is 31.5 Å². The first-order valence-electron chi connectivity index (χ1n) is 11.7. The molecule has 0 bridgehead atoms. The molecule has 4 aromatic rings. The molecule has 0 aliphatic rings. The van der Waals surface area contributed by atoms with Crippen molar-refractivity contribution in [2.24, 2.45) is 12.8 Å². The molecule has 0 aliphatic heterocycles. The minimum Gasteiger partial charge on any atom is -0.471 e. The summed E-state index contributed by atoms with van der Waals surface area (Å²) in [6.45, 7) is 4.06. The summed E-state index contributed by atoms with van der Waals surface area (Å²) in [7, 11) is 1.67. The molecule has 1 unspecified atom stereocenters. The highest BCUT2D eigenvalue weighted by atomic mass is 19.4. The average Bonchev–Trinajstić information content (AvgIpc) is 3.54. The van der Waals surface area contributed by atoms with Crippen molar-refractivity contribution in [2.45, 2.75) is 38.6 Å². The number of rotatable bonds is 9. The molecule has 3 heterocycles. The number of amides is 1. The van der Waals surface area contributed by atoms with Crippen LogP contribution in [0.3, 0.4) is 0 Å². The maximum atomic E-state index is 12.8. The van der Waals surface area contributed by atoms with Crippen LogP contribution in [-0.4, -0.2) is 42.9 Å². The first-order valence-corrected chi connectivity index (χ1v) is 11.7. The molecular formula is C25H26F3N7O3. The van der Waals surface area contributed by atoms with Crippen LogP contribution in [0.5, 0.6) is 5.88 Å². The van der Waals surface area contributed by atoms with E-state index in [2.05, 4.69) is 25.5 Å². The summed E-state index contributed by atoms with van der Waals surface area (Å²) in [5, 5.41) is 11.2. The lowest BCUT2D eigenvalue weighted by Gasteiger charge is -2.28. The van der Waals surface area contributed by atoms with E-state index in [4.69, 9.17) is 15.0 Å². The molecule has 4 rings (SSSR count). The third-order valence-electron chi connectivity index (χ3n) is 6.17. The van der Waals surface area contributed by atoms with Gasteiger partial charge in [-0.1, -0.05) is 24.2 Å². The van der Waals surface area contributed by atoms with Gasteiger partial charge in [-0.3, -0.25) is 9.48 Å². The van der Waals surface area contributed by atoms with Gasteiger partial charge in [-0.25, -0.2) is 4.98 Å². The highest BCUT2D eigenvalue weighted by Crippen LogP contribution is 2.30. The zero-order valence-electron chi connectivity index (χ0n) is 20.9. The number of nitrogens with one attached hydrogen (secondary N) is 1. The first-order chi connectivity index (χ1) is 18.0. The summed E-state index contributed by atoms with van der Waals surface area (Å²) in [5.41, 5.74) is 6.41. The minimum absolute atomic E-state index is 0.0141. The van der Waals surface area contributed by atoms with E-state index in [1.807, 2.05) is 13.8 Å². The summed E-state index contributed by atoms with van der Waals surface area (Å²) < 4.78 is 50.8. The molecule has 1 atom stereocenters. The van der Waals surface area contributed by atoms with Crippen LogP contribution < -0.4 is 15.8 Å². The van der Waals surface area contributed by atoms with Gasteiger partial charge >= 0.3 is 6.18 Å². The number of alkyl halides is 3. The van der Waals surface area contributed by atoms with Crippen LogP contribution in [0.1, 0.15) is 41.9 Å². The van der Waals surface area contributed by atoms with Crippen molar-refractivity contribution in [2.75, 3.05) is 6.54 Å². The third-order valence-corrected chi connectivity index (χ3v) is 6.17. The van der Waals surface area contributed by atoms with Crippen molar-refractivity contribution in [3.63, 3.8) is 0 Å². The van der Waals surface area contributed by atoms with E-state index in [1.165, 1.54) is 10.9 Å². The Balaban J connectivity index is 1.51. The molecule has 200 valence electrons. The van der Waals surface area contributed by atoms with Crippen LogP contribution in [0.4, 0.5) is 13.2 Å². The van der Waals surface area contributed by atoms with Crippen LogP contribution in [0.2, 0.25) is 0 Å². The largest absolute Gasteiger partial charge is 0.471 e. The fourth-order valence-corrected chi connectivity index (χ4v) is 3.47. The lowest BCUT2D eigenvalue weighted by molar-refractivity contribution is -0.137. The summed E-state index contributed by atoms with van der Waals surface area (Å²) in [6, 6.07) is 8.83. The lowest BCUT2D eigenvalue weighted by atomic mass is 9.98. The predicted molar refractivity (Wildman–Crippen MR) is 131 cm³/mol. The number of carbonyl (C=O) groups is 1. The fraction of sp³-hybridized carbons (Fsp3) is 0.320. The van der Waals surface area contributed by atoms with Crippen LogP contribution in [0.25, 0.3) is 22.8 Å². The molecule has 3 N–H and O–H groups in total. The van der Waals surface area contributed by atoms with Gasteiger partial charge in [0.25, 0.3) is 11.8 Å². The Hall–Kier alpha value is -4.26. The number of pyridine rings is 1. The van der Waals surface area contributed by atoms with Gasteiger partial charge in [0.2, 0.25) is 11.7 Å². The highest BCUT2D eigenvalue weighted by molar-refractivity contribution is 5.95. The van der Waals surface area contributed by atoms with E-state index < -0.39 is 17.3 Å². The Morgan fingerprint density at radius 2 is 2.00 bits per heavy atom. The number of carbonyl (C=O) groups excluding carboxylic acids is 1. The van der Waals surface area contributed by atoms with Crippen molar-refractivity contribution in [1.82, 2.24) is 30.2 Å². The molecule has 0 saturated carbocycles. The second kappa shape index (κ2) is 10.6. The Labute approximate surface area is 216 Å². The summed E-state index contributed by atoms with van der Waals surface area (Å²) in [6.07, 6.45) is -1.59. The summed E-state index contributed by atoms with van der Waals surface area (Å²) in [4.78, 5) is 20.9. The van der Waals surface area contributed by atoms with Gasteiger partial charge in [0, 0.05) is 42.5 Å². The van der Waals surface area contributed by atoms with E-state index in [0.29, 0.717) is 41.5 Å². The number of ether oxygens (including phenoxy) is 1. The van der Waals surface area contributed by atoms with E-state index in [-0.39, 0.29) is 30.1 Å². The Morgan fingerprint density at radius 1 is 1.21 bits per heavy atom. The Kier molecular flexibility index (Phi) is 7.49. The van der Waals surface area contributed by atoms with Crippen molar-refractivity contribution in [1.29, 1.82) is 0 Å². The number of hydrogen-bond donors (Lipinski definition) is 2. The SMILES string of the molecule is CCC(C)(CN)NC(=O)c1cccc(-c2noc(-c3cnn(C)c3COc3ccc(C(F)(F)F)cn3)n2)c1. The lowest BCUT2D eigenvalue weighted by Crippen LogP contribution is -2.50. The third kappa shape index (κ3) is 5.83. The monoisotopic (exact) mass is 529 g/mol. The number of nitrogens with zero attached hydrogens (tertiary/aromatic N) is 5. The highest BCUT2D eigenvalue weighted by Gasteiger charge is 2.31. The molecule has 1 amide bonds. The van der Waals surface area contributed by atoms with Gasteiger partial charge in [0.05, 0.1) is 23.0 Å². The van der Waals surface area contributed by atoms with Crippen LogP contribution in [0, 0.1) is 0 Å². The molecule has 0 saturated heterocycles. The van der Waals surface area contributed by atoms with E-state index >= 15 is 0 Å². The zero-order chi connectivity index (χ0) is 27.5. The van der Waals surface area contributed by atoms with Gasteiger partial charge in [0.1, 0.15) is 6.61 Å². The molecule has 0 spiro atoms. The number of hydrogen-bond acceptors (Lipinski definition) is 8. The fourth-order valence-electron chi connectivity index (χ4n) is 3.47. The van der Waals surface area contributed by atoms with Crippen molar-refractivity contribution in [3.8, 4) is 28.7 Å². The second-order valence-corrected chi connectivity index (χ2v) is 8.88. The predicted octanol–water partition coefficient (Wildman–Crippen LogP) is 3.99. The molecule has 0 aliphatic carbocycles. The van der Waals surface area contributed by atoms with E-state index in [0.717, 1.165) is 12.1 Å². The van der Waals surface area contributed by atoms with Crippen molar-refractivity contribution in [3.05, 3.63) is 65.6 Å². The normalized spacial score (nSPS) is 13.2. The second-order valence-electron chi connectivity index (χ2n) is 8.88. The van der Waals surface area contributed by atoms with Gasteiger partial charge in [0.15, 0.2) is 0 Å². The van der Waals surface area contributed by atoms with Gasteiger partial charge in [-0.15, -0.1) is 0 Å². The molecule has 38 heavy (non-hydrogen) atoms. The van der Waals surface area contributed by atoms with Gasteiger partial charge < -0.3 is 20.3 Å². The van der Waals surface area contributed by atoms with Crippen LogP contribution >= 0.6 is 0 Å². The minimum atomic E-state index is -4.49. The standard InChI is InChI=1S/C25H26F3N7O3/c1-4-24(2,14-29)33-22(36)16-7-5-6-15(10-16)21-32-23(38-34-21)18-12-31-35(3)19(18)13-37-20-9-8-17(11-30-20)25(26,27)28/h5-12H,4,13-14,29H2,1-3H3,(H,33,36). The average molecular weight is 530 g/mol. The number of halogens is 3. The smallest absolute Gasteiger partial charge is 0.417 e. The molecular weight excluding hydrogens is 503 g/mol. The number of aromatic nitrogens is 5. The van der Waals surface area contributed by atoms with Crippen molar-refractivity contribution >= 4 is 5.91 Å². The van der Waals surface area contributed by atoms with E-state index in [9.17, 15) is 18.0 Å². The molecule has 10 nitrogen and oxygen atoms in total. The summed E-state index contributed by atoms with van der Waals surface area (Å²) in [5.74, 6) is 0.157.